The summed E-state index contributed by atoms with van der Waals surface area (Å²) in [7, 11) is 0. The Morgan fingerprint density at radius 2 is 1.87 bits per heavy atom. The summed E-state index contributed by atoms with van der Waals surface area (Å²) >= 11 is 0. The smallest absolute Gasteiger partial charge is 0.272 e. The van der Waals surface area contributed by atoms with Crippen molar-refractivity contribution in [1.82, 2.24) is 25.5 Å². The Bertz CT molecular complexity index is 1240. The molecule has 3 heterocycles. The van der Waals surface area contributed by atoms with Gasteiger partial charge in [-0.2, -0.15) is 5.10 Å². The second-order valence-electron chi connectivity index (χ2n) is 7.00. The molecule has 0 bridgehead atoms. The van der Waals surface area contributed by atoms with Crippen molar-refractivity contribution in [2.45, 2.75) is 12.5 Å². The lowest BCUT2D eigenvalue weighted by Crippen LogP contribution is -2.31. The number of hydrogen-bond acceptors (Lipinski definition) is 4. The van der Waals surface area contributed by atoms with E-state index in [-0.39, 0.29) is 17.6 Å². The van der Waals surface area contributed by atoms with Gasteiger partial charge in [-0.3, -0.25) is 9.89 Å². The van der Waals surface area contributed by atoms with Crippen molar-refractivity contribution in [3.8, 4) is 11.5 Å². The van der Waals surface area contributed by atoms with Crippen molar-refractivity contribution in [3.63, 3.8) is 0 Å². The van der Waals surface area contributed by atoms with E-state index in [1.807, 2.05) is 60.7 Å². The van der Waals surface area contributed by atoms with Crippen LogP contribution in [0.2, 0.25) is 0 Å². The van der Waals surface area contributed by atoms with Gasteiger partial charge in [-0.25, -0.2) is 4.98 Å². The first-order chi connectivity index (χ1) is 14.8. The molecule has 0 aliphatic rings. The van der Waals surface area contributed by atoms with Gasteiger partial charge in [0.25, 0.3) is 5.91 Å². The number of imidazole rings is 1. The number of para-hydroxylation sites is 2. The van der Waals surface area contributed by atoms with E-state index < -0.39 is 0 Å². The van der Waals surface area contributed by atoms with Gasteiger partial charge in [-0.15, -0.1) is 0 Å². The molecule has 148 valence electrons. The van der Waals surface area contributed by atoms with Crippen molar-refractivity contribution in [2.75, 3.05) is 0 Å². The van der Waals surface area contributed by atoms with Crippen LogP contribution in [-0.2, 0) is 6.42 Å². The first-order valence-electron chi connectivity index (χ1n) is 9.65. The summed E-state index contributed by atoms with van der Waals surface area (Å²) in [5, 5.41) is 10.1. The lowest BCUT2D eigenvalue weighted by molar-refractivity contribution is 0.0930. The van der Waals surface area contributed by atoms with Crippen molar-refractivity contribution < 1.29 is 9.21 Å². The molecule has 7 nitrogen and oxygen atoms in total. The number of nitrogens with one attached hydrogen (secondary N) is 3. The van der Waals surface area contributed by atoms with E-state index in [0.29, 0.717) is 23.7 Å². The maximum absolute atomic E-state index is 13.0. The first-order valence-corrected chi connectivity index (χ1v) is 9.65. The van der Waals surface area contributed by atoms with Crippen molar-refractivity contribution in [1.29, 1.82) is 0 Å². The number of nitrogens with zero attached hydrogens (tertiary/aromatic N) is 2. The van der Waals surface area contributed by atoms with Gasteiger partial charge in [-0.05, 0) is 36.2 Å². The van der Waals surface area contributed by atoms with E-state index in [1.165, 1.54) is 0 Å². The van der Waals surface area contributed by atoms with E-state index in [1.54, 1.807) is 18.4 Å². The molecular formula is C23H19N5O2. The Kier molecular flexibility index (Phi) is 4.61. The molecule has 0 radical (unpaired) electrons. The van der Waals surface area contributed by atoms with Gasteiger partial charge in [0.1, 0.15) is 11.5 Å². The lowest BCUT2D eigenvalue weighted by atomic mass is 10.1. The number of hydrogen-bond donors (Lipinski definition) is 3. The van der Waals surface area contributed by atoms with Crippen molar-refractivity contribution >= 4 is 16.9 Å². The van der Waals surface area contributed by atoms with E-state index in [9.17, 15) is 4.79 Å². The van der Waals surface area contributed by atoms with Gasteiger partial charge in [0.15, 0.2) is 11.5 Å². The number of carbonyl (C=O) groups excluding carboxylic acids is 1. The van der Waals surface area contributed by atoms with Crippen LogP contribution in [0, 0.1) is 0 Å². The topological polar surface area (TPSA) is 99.6 Å². The normalized spacial score (nSPS) is 12.1. The monoisotopic (exact) mass is 397 g/mol. The molecular weight excluding hydrogens is 378 g/mol. The third kappa shape index (κ3) is 3.60. The maximum Gasteiger partial charge on any atom is 0.272 e. The fourth-order valence-corrected chi connectivity index (χ4v) is 3.43. The van der Waals surface area contributed by atoms with Gasteiger partial charge in [0.05, 0.1) is 23.3 Å². The Labute approximate surface area is 172 Å². The van der Waals surface area contributed by atoms with E-state index in [4.69, 9.17) is 4.42 Å². The molecule has 0 saturated heterocycles. The first kappa shape index (κ1) is 17.9. The highest BCUT2D eigenvalue weighted by atomic mass is 16.3. The highest BCUT2D eigenvalue weighted by Gasteiger charge is 2.22. The fraction of sp³-hybridized carbons (Fsp3) is 0.0870. The SMILES string of the molecule is O=C(N[C@@H](Cc1ccccc1)c1nc2ccccc2[nH]1)c1cc(-c2ccco2)[nH]n1. The molecule has 3 N–H and O–H groups in total. The molecule has 7 heteroatoms. The molecule has 0 saturated carbocycles. The average Bonchev–Trinajstić information content (AvgIpc) is 3.54. The molecule has 2 aromatic carbocycles. The van der Waals surface area contributed by atoms with Gasteiger partial charge < -0.3 is 14.7 Å². The zero-order valence-electron chi connectivity index (χ0n) is 16.0. The maximum atomic E-state index is 13.0. The summed E-state index contributed by atoms with van der Waals surface area (Å²) in [6.45, 7) is 0. The second kappa shape index (κ2) is 7.71. The molecule has 0 fully saturated rings. The zero-order chi connectivity index (χ0) is 20.3. The number of benzene rings is 2. The van der Waals surface area contributed by atoms with Crippen LogP contribution in [-0.4, -0.2) is 26.1 Å². The molecule has 5 rings (SSSR count). The van der Waals surface area contributed by atoms with E-state index >= 15 is 0 Å². The third-order valence-corrected chi connectivity index (χ3v) is 4.92. The zero-order valence-corrected chi connectivity index (χ0v) is 16.0. The molecule has 0 aliphatic carbocycles. The predicted octanol–water partition coefficient (Wildman–Crippen LogP) is 4.26. The summed E-state index contributed by atoms with van der Waals surface area (Å²) in [6.07, 6.45) is 2.18. The highest BCUT2D eigenvalue weighted by Crippen LogP contribution is 2.22. The van der Waals surface area contributed by atoms with Crippen LogP contribution in [0.4, 0.5) is 0 Å². The number of rotatable bonds is 6. The quantitative estimate of drug-likeness (QED) is 0.399. The molecule has 3 aromatic heterocycles. The number of carbonyl (C=O) groups is 1. The van der Waals surface area contributed by atoms with Crippen LogP contribution in [0.5, 0.6) is 0 Å². The summed E-state index contributed by atoms with van der Waals surface area (Å²) in [5.41, 5.74) is 3.82. The van der Waals surface area contributed by atoms with Crippen molar-refractivity contribution in [3.05, 3.63) is 96.1 Å². The Hall–Kier alpha value is -4.13. The molecule has 1 atom stereocenters. The number of furan rings is 1. The average molecular weight is 397 g/mol. The minimum absolute atomic E-state index is 0.287. The van der Waals surface area contributed by atoms with Gasteiger partial charge >= 0.3 is 0 Å². The molecule has 5 aromatic rings. The summed E-state index contributed by atoms with van der Waals surface area (Å²) < 4.78 is 5.36. The summed E-state index contributed by atoms with van der Waals surface area (Å²) in [6, 6.07) is 22.7. The summed E-state index contributed by atoms with van der Waals surface area (Å²) in [4.78, 5) is 21.0. The Morgan fingerprint density at radius 1 is 1.03 bits per heavy atom. The van der Waals surface area contributed by atoms with Crippen LogP contribution in [0.3, 0.4) is 0 Å². The van der Waals surface area contributed by atoms with Crippen molar-refractivity contribution in [2.24, 2.45) is 0 Å². The molecule has 30 heavy (non-hydrogen) atoms. The van der Waals surface area contributed by atoms with Gasteiger partial charge in [0, 0.05) is 6.07 Å². The highest BCUT2D eigenvalue weighted by molar-refractivity contribution is 5.93. The number of fused-ring (bicyclic) bond motifs is 1. The van der Waals surface area contributed by atoms with E-state index in [2.05, 4.69) is 25.5 Å². The van der Waals surface area contributed by atoms with Crippen LogP contribution < -0.4 is 5.32 Å². The summed E-state index contributed by atoms with van der Waals surface area (Å²) in [5.74, 6) is 1.04. The van der Waals surface area contributed by atoms with Crippen LogP contribution in [0.25, 0.3) is 22.5 Å². The second-order valence-corrected chi connectivity index (χ2v) is 7.00. The molecule has 1 amide bonds. The number of aromatic nitrogens is 4. The van der Waals surface area contributed by atoms with Gasteiger partial charge in [0.2, 0.25) is 0 Å². The minimum atomic E-state index is -0.337. The van der Waals surface area contributed by atoms with Crippen LogP contribution in [0.1, 0.15) is 27.9 Å². The lowest BCUT2D eigenvalue weighted by Gasteiger charge is -2.16. The largest absolute Gasteiger partial charge is 0.463 e. The minimum Gasteiger partial charge on any atom is -0.463 e. The molecule has 0 aliphatic heterocycles. The van der Waals surface area contributed by atoms with Crippen LogP contribution in [0.15, 0.2) is 83.5 Å². The standard InChI is InChI=1S/C23H19N5O2/c29-23(20-14-18(27-28-20)21-11-6-12-30-21)26-19(13-15-7-2-1-3-8-15)22-24-16-9-4-5-10-17(16)25-22/h1-12,14,19H,13H2,(H,24,25)(H,26,29)(H,27,28)/t19-/m0/s1. The number of H-pyrrole nitrogens is 2. The predicted molar refractivity (Wildman–Crippen MR) is 113 cm³/mol. The number of amides is 1. The molecule has 0 spiro atoms. The Balaban J connectivity index is 1.43. The van der Waals surface area contributed by atoms with E-state index in [0.717, 1.165) is 16.6 Å². The molecule has 0 unspecified atom stereocenters. The van der Waals surface area contributed by atoms with Gasteiger partial charge in [-0.1, -0.05) is 42.5 Å². The Morgan fingerprint density at radius 3 is 2.67 bits per heavy atom. The fourth-order valence-electron chi connectivity index (χ4n) is 3.43. The third-order valence-electron chi connectivity index (χ3n) is 4.92. The van der Waals surface area contributed by atoms with Crippen LogP contribution >= 0.6 is 0 Å². The number of aromatic amines is 2.